The molecule has 0 radical (unpaired) electrons. The van der Waals surface area contributed by atoms with Gasteiger partial charge in [0.1, 0.15) is 17.6 Å². The molecule has 5 saturated heterocycles. The number of β-amino-alcohol motifs (C(OH)–C–C–N with tert-alkyl or cyclic N) is 1. The van der Waals surface area contributed by atoms with Crippen molar-refractivity contribution in [2.75, 3.05) is 99.0 Å². The van der Waals surface area contributed by atoms with Gasteiger partial charge in [-0.1, -0.05) is 55.4 Å². The van der Waals surface area contributed by atoms with E-state index in [1.807, 2.05) is 43.8 Å². The third-order valence-electron chi connectivity index (χ3n) is 18.1. The third kappa shape index (κ3) is 12.4. The number of aryl methyl sites for hydroxylation is 1. The van der Waals surface area contributed by atoms with Crippen LogP contribution in [-0.2, 0) is 9.53 Å². The molecule has 1 amide bonds. The molecule has 2 bridgehead atoms. The quantitative estimate of drug-likeness (QED) is 0.0624. The molecular formula is C61H79N13O6S. The molecule has 2 unspecified atom stereocenters. The van der Waals surface area contributed by atoms with E-state index in [4.69, 9.17) is 19.7 Å². The van der Waals surface area contributed by atoms with Gasteiger partial charge >= 0.3 is 0 Å². The van der Waals surface area contributed by atoms with Crippen LogP contribution in [0, 0.1) is 12.8 Å². The monoisotopic (exact) mass is 1120 g/mol. The molecule has 9 heterocycles. The van der Waals surface area contributed by atoms with Crippen LogP contribution in [-0.4, -0.2) is 177 Å². The van der Waals surface area contributed by atoms with E-state index >= 15 is 0 Å². The molecule has 20 heteroatoms. The van der Waals surface area contributed by atoms with Crippen molar-refractivity contribution in [2.45, 2.75) is 127 Å². The number of phenols is 1. The number of aromatic hydroxyl groups is 1. The van der Waals surface area contributed by atoms with Crippen LogP contribution >= 0.6 is 11.3 Å². The zero-order valence-corrected chi connectivity index (χ0v) is 48.0. The van der Waals surface area contributed by atoms with Gasteiger partial charge in [0.15, 0.2) is 11.6 Å². The van der Waals surface area contributed by atoms with Gasteiger partial charge in [0.05, 0.1) is 57.9 Å². The Morgan fingerprint density at radius 3 is 2.28 bits per heavy atom. The molecule has 1 aliphatic carbocycles. The Bertz CT molecular complexity index is 3070. The summed E-state index contributed by atoms with van der Waals surface area (Å²) in [5.74, 6) is 3.13. The SMILES string of the molecule is Cc1ncsc1-c1ccc([C@H](C)NC(=O)[C@@H]2C[C@@H](O)CN2C[C@@H](c2cc(N3CCN(CCN4CCC(OC5CC(Oc6cc(N7C8CCC7CN(c7cc(-c9ccccc9O)nnc7N)C8)ccn6)C5)CC4)CC3)no2)C(C)C)cc1. The molecule has 0 spiro atoms. The van der Waals surface area contributed by atoms with Crippen molar-refractivity contribution in [1.82, 2.24) is 45.3 Å². The Morgan fingerprint density at radius 2 is 1.57 bits per heavy atom. The normalized spacial score (nSPS) is 24.6. The summed E-state index contributed by atoms with van der Waals surface area (Å²) in [6.07, 6.45) is 8.37. The number of aromatic nitrogens is 5. The smallest absolute Gasteiger partial charge is 0.237 e. The number of thiazole rings is 1. The second kappa shape index (κ2) is 24.2. The molecule has 12 rings (SSSR count). The molecule has 5 N–H and O–H groups in total. The number of pyridine rings is 1. The van der Waals surface area contributed by atoms with E-state index in [1.54, 1.807) is 23.5 Å². The van der Waals surface area contributed by atoms with Crippen LogP contribution in [0.2, 0.25) is 0 Å². The molecule has 19 nitrogen and oxygen atoms in total. The highest BCUT2D eigenvalue weighted by molar-refractivity contribution is 7.13. The number of amides is 1. The molecule has 4 aromatic heterocycles. The number of para-hydroxylation sites is 1. The first kappa shape index (κ1) is 55.1. The number of nitrogens with one attached hydrogen (secondary N) is 1. The van der Waals surface area contributed by atoms with E-state index in [0.717, 1.165) is 149 Å². The van der Waals surface area contributed by atoms with Gasteiger partial charge < -0.3 is 54.9 Å². The Kier molecular flexibility index (Phi) is 16.5. The van der Waals surface area contributed by atoms with Gasteiger partial charge in [-0.15, -0.1) is 21.5 Å². The number of piperidine rings is 1. The number of carbonyl (C=O) groups is 1. The molecule has 6 aromatic rings. The van der Waals surface area contributed by atoms with Gasteiger partial charge in [0.25, 0.3) is 0 Å². The minimum absolute atomic E-state index is 0.0125. The number of piperazine rings is 2. The highest BCUT2D eigenvalue weighted by atomic mass is 32.1. The van der Waals surface area contributed by atoms with Crippen LogP contribution in [0.5, 0.6) is 11.6 Å². The minimum atomic E-state index is -0.568. The maximum Gasteiger partial charge on any atom is 0.237 e. The number of nitrogen functional groups attached to an aromatic ring is 1. The number of benzene rings is 2. The Labute approximate surface area is 479 Å². The number of nitrogens with zero attached hydrogens (tertiary/aromatic N) is 11. The van der Waals surface area contributed by atoms with Gasteiger partial charge in [-0.05, 0) is 87.3 Å². The number of aliphatic hydroxyl groups is 1. The van der Waals surface area contributed by atoms with Gasteiger partial charge in [0, 0.05) is 139 Å². The lowest BCUT2D eigenvalue weighted by Gasteiger charge is -2.43. The predicted octanol–water partition coefficient (Wildman–Crippen LogP) is 7.37. The van der Waals surface area contributed by atoms with Crippen molar-refractivity contribution >= 4 is 40.3 Å². The fourth-order valence-corrected chi connectivity index (χ4v) is 14.1. The molecule has 6 atom stereocenters. The van der Waals surface area contributed by atoms with Crippen LogP contribution in [0.1, 0.15) is 94.7 Å². The minimum Gasteiger partial charge on any atom is -0.507 e. The van der Waals surface area contributed by atoms with Gasteiger partial charge in [-0.25, -0.2) is 9.97 Å². The summed E-state index contributed by atoms with van der Waals surface area (Å²) >= 11 is 1.63. The van der Waals surface area contributed by atoms with E-state index in [0.29, 0.717) is 54.5 Å². The van der Waals surface area contributed by atoms with Crippen molar-refractivity contribution in [3.8, 4) is 33.3 Å². The fraction of sp³-hybridized carbons (Fsp3) is 0.541. The average molecular weight is 1120 g/mol. The molecule has 1 saturated carbocycles. The number of rotatable bonds is 19. The highest BCUT2D eigenvalue weighted by Crippen LogP contribution is 2.41. The summed E-state index contributed by atoms with van der Waals surface area (Å²) in [5.41, 5.74) is 14.7. The number of aliphatic hydroxyl groups excluding tert-OH is 1. The number of anilines is 4. The second-order valence-electron chi connectivity index (χ2n) is 23.8. The first-order valence-corrected chi connectivity index (χ1v) is 30.4. The maximum absolute atomic E-state index is 13.8. The lowest BCUT2D eigenvalue weighted by atomic mass is 9.91. The number of phenolic OH excluding ortho intramolecular Hbond substituents is 1. The number of ether oxygens (including phenoxy) is 2. The number of nitrogens with two attached hydrogens (primary N) is 1. The first-order valence-electron chi connectivity index (χ1n) is 29.5. The zero-order valence-electron chi connectivity index (χ0n) is 47.2. The summed E-state index contributed by atoms with van der Waals surface area (Å²) in [5, 5.41) is 37.7. The van der Waals surface area contributed by atoms with Crippen molar-refractivity contribution in [3.63, 3.8) is 0 Å². The Hall–Kier alpha value is -6.42. The standard InChI is InChI=1S/C61H79N13O6S/c1-38(2)51(36-73-35-46(75)28-54(73)61(77)65-39(3)41-9-11-42(12-10-41)59-40(4)64-37-81-59)56-32-57(68-80-56)71-25-23-70(24-26-71)22-21-69-19-16-47(17-20-69)78-48-29-49(30-48)79-58-27-43(15-18-63-58)74-44-13-14-45(74)34-72(33-44)53-31-52(66-67-60(53)62)50-7-5-6-8-55(50)76/h5-12,15,18,27,31-32,37-39,44-49,51,54,75-76H,13-14,16-17,19-26,28-30,33-36H2,1-4H3,(H2,62,67)(H,65,77)/t39-,44?,45?,46+,48?,49?,51+,54-/m0/s1. The number of fused-ring (bicyclic) bond motifs is 2. The second-order valence-corrected chi connectivity index (χ2v) is 24.7. The summed E-state index contributed by atoms with van der Waals surface area (Å²) in [4.78, 5) is 38.5. The predicted molar refractivity (Wildman–Crippen MR) is 315 cm³/mol. The largest absolute Gasteiger partial charge is 0.507 e. The van der Waals surface area contributed by atoms with Crippen LogP contribution < -0.4 is 30.5 Å². The van der Waals surface area contributed by atoms with Gasteiger partial charge in [-0.3, -0.25) is 14.6 Å². The van der Waals surface area contributed by atoms with E-state index in [1.165, 1.54) is 0 Å². The summed E-state index contributed by atoms with van der Waals surface area (Å²) in [6.45, 7) is 19.0. The molecule has 430 valence electrons. The average Bonchev–Trinajstić information content (AvgIpc) is 4.47. The fourth-order valence-electron chi connectivity index (χ4n) is 13.3. The summed E-state index contributed by atoms with van der Waals surface area (Å²) < 4.78 is 19.2. The molecule has 6 aliphatic rings. The molecule has 6 fully saturated rings. The topological polar surface area (TPSA) is 211 Å². The third-order valence-corrected chi connectivity index (χ3v) is 19.1. The van der Waals surface area contributed by atoms with Crippen LogP contribution in [0.4, 0.5) is 23.0 Å². The lowest BCUT2D eigenvalue weighted by Crippen LogP contribution is -2.54. The molecular weight excluding hydrogens is 1040 g/mol. The number of carbonyl (C=O) groups excluding carboxylic acids is 1. The van der Waals surface area contributed by atoms with Crippen molar-refractivity contribution in [2.24, 2.45) is 5.92 Å². The van der Waals surface area contributed by atoms with Crippen molar-refractivity contribution < 1.29 is 29.0 Å². The number of hydrogen-bond donors (Lipinski definition) is 4. The van der Waals surface area contributed by atoms with Crippen LogP contribution in [0.15, 0.2) is 89.0 Å². The number of hydrogen-bond acceptors (Lipinski definition) is 19. The van der Waals surface area contributed by atoms with Gasteiger partial charge in [-0.2, -0.15) is 0 Å². The Morgan fingerprint density at radius 1 is 0.827 bits per heavy atom. The van der Waals surface area contributed by atoms with Crippen LogP contribution in [0.25, 0.3) is 21.7 Å². The maximum atomic E-state index is 13.8. The van der Waals surface area contributed by atoms with Gasteiger partial charge in [0.2, 0.25) is 11.8 Å². The zero-order chi connectivity index (χ0) is 55.7. The van der Waals surface area contributed by atoms with Crippen molar-refractivity contribution in [3.05, 3.63) is 102 Å². The first-order chi connectivity index (χ1) is 39.3. The summed E-state index contributed by atoms with van der Waals surface area (Å²) in [6, 6.07) is 23.8. The van der Waals surface area contributed by atoms with Crippen molar-refractivity contribution in [1.29, 1.82) is 0 Å². The van der Waals surface area contributed by atoms with E-state index in [-0.39, 0.29) is 47.8 Å². The van der Waals surface area contributed by atoms with E-state index in [9.17, 15) is 15.0 Å². The number of likely N-dealkylation sites (tertiary alicyclic amines) is 2. The van der Waals surface area contributed by atoms with E-state index < -0.39 is 12.1 Å². The van der Waals surface area contributed by atoms with E-state index in [2.05, 4.69) is 116 Å². The lowest BCUT2D eigenvalue weighted by molar-refractivity contribution is -0.126. The highest BCUT2D eigenvalue weighted by Gasteiger charge is 2.43. The molecule has 2 aromatic carbocycles. The van der Waals surface area contributed by atoms with Crippen LogP contribution in [0.3, 0.4) is 0 Å². The molecule has 5 aliphatic heterocycles. The summed E-state index contributed by atoms with van der Waals surface area (Å²) in [7, 11) is 0. The molecule has 81 heavy (non-hydrogen) atoms. The Balaban J connectivity index is 0.547.